The number of hydrogen-bond donors (Lipinski definition) is 1. The maximum Gasteiger partial charge on any atom is 0.203 e. The first-order valence-corrected chi connectivity index (χ1v) is 8.75. The van der Waals surface area contributed by atoms with Crippen LogP contribution in [0.3, 0.4) is 0 Å². The van der Waals surface area contributed by atoms with Crippen LogP contribution in [-0.2, 0) is 5.54 Å². The standard InChI is InChI=1S/C23H21N3/c1-24-22-25-17-18-26(22)23(19-11-5-2-6-12-19,20-13-7-3-8-14-20)21-15-9-4-10-16-21/h2-18H,1H3,(H,24,25). The number of nitrogens with zero attached hydrogens (tertiary/aromatic N) is 2. The Morgan fingerprint density at radius 2 is 1.12 bits per heavy atom. The van der Waals surface area contributed by atoms with Crippen molar-refractivity contribution >= 4 is 5.95 Å². The van der Waals surface area contributed by atoms with E-state index in [1.807, 2.05) is 19.4 Å². The van der Waals surface area contributed by atoms with Gasteiger partial charge in [-0.25, -0.2) is 4.98 Å². The Labute approximate surface area is 154 Å². The van der Waals surface area contributed by atoms with E-state index in [1.54, 1.807) is 0 Å². The highest BCUT2D eigenvalue weighted by molar-refractivity contribution is 5.53. The summed E-state index contributed by atoms with van der Waals surface area (Å²) in [7, 11) is 1.91. The fraction of sp³-hybridized carbons (Fsp3) is 0.0870. The number of nitrogens with one attached hydrogen (secondary N) is 1. The second kappa shape index (κ2) is 6.89. The molecule has 0 amide bonds. The van der Waals surface area contributed by atoms with Gasteiger partial charge < -0.3 is 5.32 Å². The fourth-order valence-electron chi connectivity index (χ4n) is 3.71. The molecule has 0 saturated carbocycles. The summed E-state index contributed by atoms with van der Waals surface area (Å²) in [6.45, 7) is 0. The van der Waals surface area contributed by atoms with E-state index in [4.69, 9.17) is 0 Å². The summed E-state index contributed by atoms with van der Waals surface area (Å²) < 4.78 is 2.22. The molecule has 0 radical (unpaired) electrons. The third-order valence-electron chi connectivity index (χ3n) is 4.80. The highest BCUT2D eigenvalue weighted by Gasteiger charge is 2.39. The Morgan fingerprint density at radius 1 is 0.692 bits per heavy atom. The zero-order chi connectivity index (χ0) is 17.8. The van der Waals surface area contributed by atoms with Crippen LogP contribution in [0, 0.1) is 0 Å². The quantitative estimate of drug-likeness (QED) is 0.531. The summed E-state index contributed by atoms with van der Waals surface area (Å²) in [6.07, 6.45) is 3.88. The summed E-state index contributed by atoms with van der Waals surface area (Å²) in [5.41, 5.74) is 3.05. The molecule has 0 aliphatic heterocycles. The molecule has 0 bridgehead atoms. The molecule has 4 aromatic rings. The van der Waals surface area contributed by atoms with Gasteiger partial charge in [-0.15, -0.1) is 0 Å². The predicted molar refractivity (Wildman–Crippen MR) is 106 cm³/mol. The maximum absolute atomic E-state index is 4.53. The van der Waals surface area contributed by atoms with Crippen LogP contribution in [0.4, 0.5) is 5.95 Å². The lowest BCUT2D eigenvalue weighted by atomic mass is 9.76. The predicted octanol–water partition coefficient (Wildman–Crippen LogP) is 4.77. The van der Waals surface area contributed by atoms with Crippen LogP contribution in [0.25, 0.3) is 0 Å². The van der Waals surface area contributed by atoms with Crippen molar-refractivity contribution in [3.8, 4) is 0 Å². The smallest absolute Gasteiger partial charge is 0.203 e. The Morgan fingerprint density at radius 3 is 1.50 bits per heavy atom. The number of hydrogen-bond acceptors (Lipinski definition) is 2. The van der Waals surface area contributed by atoms with Crippen molar-refractivity contribution in [2.45, 2.75) is 5.54 Å². The monoisotopic (exact) mass is 339 g/mol. The van der Waals surface area contributed by atoms with E-state index >= 15 is 0 Å². The lowest BCUT2D eigenvalue weighted by molar-refractivity contribution is 0.521. The summed E-state index contributed by atoms with van der Waals surface area (Å²) in [4.78, 5) is 4.53. The first-order valence-electron chi connectivity index (χ1n) is 8.75. The second-order valence-corrected chi connectivity index (χ2v) is 6.18. The molecule has 1 N–H and O–H groups in total. The molecule has 3 heteroatoms. The van der Waals surface area contributed by atoms with Gasteiger partial charge in [0.05, 0.1) is 0 Å². The van der Waals surface area contributed by atoms with Crippen molar-refractivity contribution in [1.29, 1.82) is 0 Å². The SMILES string of the molecule is CNc1nccn1C(c1ccccc1)(c1ccccc1)c1ccccc1. The molecule has 0 spiro atoms. The van der Waals surface area contributed by atoms with Crippen LogP contribution in [-0.4, -0.2) is 16.6 Å². The van der Waals surface area contributed by atoms with Crippen LogP contribution in [0.5, 0.6) is 0 Å². The number of imidazole rings is 1. The summed E-state index contributed by atoms with van der Waals surface area (Å²) in [5.74, 6) is 0.821. The topological polar surface area (TPSA) is 29.9 Å². The molecular formula is C23H21N3. The van der Waals surface area contributed by atoms with E-state index in [0.29, 0.717) is 0 Å². The molecule has 1 aromatic heterocycles. The van der Waals surface area contributed by atoms with E-state index in [1.165, 1.54) is 16.7 Å². The molecular weight excluding hydrogens is 318 g/mol. The Balaban J connectivity index is 2.15. The van der Waals surface area contributed by atoms with Gasteiger partial charge in [0.2, 0.25) is 5.95 Å². The van der Waals surface area contributed by atoms with E-state index < -0.39 is 5.54 Å². The van der Waals surface area contributed by atoms with E-state index in [9.17, 15) is 0 Å². The van der Waals surface area contributed by atoms with Gasteiger partial charge >= 0.3 is 0 Å². The first kappa shape index (κ1) is 16.2. The lowest BCUT2D eigenvalue weighted by Crippen LogP contribution is -2.38. The number of rotatable bonds is 5. The van der Waals surface area contributed by atoms with Crippen LogP contribution < -0.4 is 5.32 Å². The van der Waals surface area contributed by atoms with Crippen LogP contribution >= 0.6 is 0 Å². The zero-order valence-corrected chi connectivity index (χ0v) is 14.7. The third kappa shape index (κ3) is 2.49. The molecule has 0 aliphatic carbocycles. The van der Waals surface area contributed by atoms with Gasteiger partial charge in [0, 0.05) is 19.4 Å². The van der Waals surface area contributed by atoms with E-state index in [2.05, 4.69) is 106 Å². The van der Waals surface area contributed by atoms with E-state index in [0.717, 1.165) is 5.95 Å². The molecule has 0 unspecified atom stereocenters. The largest absolute Gasteiger partial charge is 0.359 e. The minimum atomic E-state index is -0.515. The van der Waals surface area contributed by atoms with Crippen LogP contribution in [0.1, 0.15) is 16.7 Å². The molecule has 0 atom stereocenters. The summed E-state index contributed by atoms with van der Waals surface area (Å²) in [5, 5.41) is 3.24. The van der Waals surface area contributed by atoms with Crippen molar-refractivity contribution < 1.29 is 0 Å². The molecule has 0 saturated heterocycles. The van der Waals surface area contributed by atoms with Crippen molar-refractivity contribution in [2.75, 3.05) is 12.4 Å². The van der Waals surface area contributed by atoms with Crippen molar-refractivity contribution in [1.82, 2.24) is 9.55 Å². The maximum atomic E-state index is 4.53. The molecule has 1 heterocycles. The average molecular weight is 339 g/mol. The number of aromatic nitrogens is 2. The highest BCUT2D eigenvalue weighted by atomic mass is 15.2. The molecule has 0 aliphatic rings. The van der Waals surface area contributed by atoms with Crippen molar-refractivity contribution in [2.24, 2.45) is 0 Å². The Bertz CT molecular complexity index is 863. The van der Waals surface area contributed by atoms with Gasteiger partial charge in [0.1, 0.15) is 5.54 Å². The second-order valence-electron chi connectivity index (χ2n) is 6.18. The van der Waals surface area contributed by atoms with Gasteiger partial charge in [-0.3, -0.25) is 4.57 Å². The zero-order valence-electron chi connectivity index (χ0n) is 14.7. The van der Waals surface area contributed by atoms with Gasteiger partial charge in [0.25, 0.3) is 0 Å². The van der Waals surface area contributed by atoms with Crippen molar-refractivity contribution in [3.63, 3.8) is 0 Å². The summed E-state index contributed by atoms with van der Waals surface area (Å²) in [6, 6.07) is 31.8. The van der Waals surface area contributed by atoms with Crippen LogP contribution in [0.2, 0.25) is 0 Å². The molecule has 0 fully saturated rings. The Kier molecular flexibility index (Phi) is 4.28. The molecule has 3 nitrogen and oxygen atoms in total. The summed E-state index contributed by atoms with van der Waals surface area (Å²) >= 11 is 0. The molecule has 4 rings (SSSR count). The van der Waals surface area contributed by atoms with Gasteiger partial charge in [0.15, 0.2) is 0 Å². The lowest BCUT2D eigenvalue weighted by Gasteiger charge is -2.38. The average Bonchev–Trinajstić information content (AvgIpc) is 3.20. The number of anilines is 1. The Hall–Kier alpha value is -3.33. The van der Waals surface area contributed by atoms with Gasteiger partial charge in [-0.1, -0.05) is 91.0 Å². The molecule has 26 heavy (non-hydrogen) atoms. The van der Waals surface area contributed by atoms with Gasteiger partial charge in [-0.2, -0.15) is 0 Å². The van der Waals surface area contributed by atoms with Gasteiger partial charge in [-0.05, 0) is 16.7 Å². The minimum absolute atomic E-state index is 0.515. The fourth-order valence-corrected chi connectivity index (χ4v) is 3.71. The normalized spacial score (nSPS) is 11.3. The highest BCUT2D eigenvalue weighted by Crippen LogP contribution is 2.42. The first-order chi connectivity index (χ1) is 12.9. The minimum Gasteiger partial charge on any atom is -0.359 e. The van der Waals surface area contributed by atoms with E-state index in [-0.39, 0.29) is 0 Å². The molecule has 3 aromatic carbocycles. The molecule has 128 valence electrons. The third-order valence-corrected chi connectivity index (χ3v) is 4.80. The van der Waals surface area contributed by atoms with Crippen molar-refractivity contribution in [3.05, 3.63) is 120 Å². The van der Waals surface area contributed by atoms with Crippen LogP contribution in [0.15, 0.2) is 103 Å². The number of benzene rings is 3.